The molecule has 1 aromatic carbocycles. The van der Waals surface area contributed by atoms with E-state index in [-0.39, 0.29) is 11.9 Å². The SMILES string of the molecule is CSc1nn(C2COC2)c2cc(F)ccc12. The summed E-state index contributed by atoms with van der Waals surface area (Å²) >= 11 is 1.58. The number of benzene rings is 1. The summed E-state index contributed by atoms with van der Waals surface area (Å²) in [6.07, 6.45) is 1.98. The molecule has 1 saturated heterocycles. The predicted octanol–water partition coefficient (Wildman–Crippen LogP) is 2.47. The second-order valence-corrected chi connectivity index (χ2v) is 4.60. The molecule has 1 aromatic heterocycles. The van der Waals surface area contributed by atoms with Gasteiger partial charge in [0, 0.05) is 5.39 Å². The highest BCUT2D eigenvalue weighted by Gasteiger charge is 2.24. The fourth-order valence-electron chi connectivity index (χ4n) is 1.87. The standard InChI is InChI=1S/C11H11FN2OS/c1-16-11-9-3-2-7(12)4-10(9)14(13-11)8-5-15-6-8/h2-4,8H,5-6H2,1H3. The molecule has 0 unspecified atom stereocenters. The molecular weight excluding hydrogens is 227 g/mol. The Kier molecular flexibility index (Phi) is 2.37. The molecule has 0 amide bonds. The molecule has 16 heavy (non-hydrogen) atoms. The second-order valence-electron chi connectivity index (χ2n) is 3.81. The van der Waals surface area contributed by atoms with E-state index in [2.05, 4.69) is 5.10 Å². The van der Waals surface area contributed by atoms with Crippen molar-refractivity contribution in [2.75, 3.05) is 19.5 Å². The molecule has 2 aromatic rings. The Hall–Kier alpha value is -1.07. The summed E-state index contributed by atoms with van der Waals surface area (Å²) in [5, 5.41) is 6.46. The van der Waals surface area contributed by atoms with Gasteiger partial charge in [-0.05, 0) is 24.5 Å². The van der Waals surface area contributed by atoms with Gasteiger partial charge >= 0.3 is 0 Å². The van der Waals surface area contributed by atoms with Gasteiger partial charge in [-0.2, -0.15) is 5.10 Å². The van der Waals surface area contributed by atoms with Crippen molar-refractivity contribution < 1.29 is 9.13 Å². The van der Waals surface area contributed by atoms with E-state index in [4.69, 9.17) is 4.74 Å². The Bertz CT molecular complexity index is 536. The number of aromatic nitrogens is 2. The average Bonchev–Trinajstić information content (AvgIpc) is 2.54. The minimum atomic E-state index is -0.221. The number of hydrogen-bond donors (Lipinski definition) is 0. The maximum absolute atomic E-state index is 13.2. The van der Waals surface area contributed by atoms with Gasteiger partial charge in [-0.1, -0.05) is 0 Å². The van der Waals surface area contributed by atoms with E-state index in [9.17, 15) is 4.39 Å². The van der Waals surface area contributed by atoms with E-state index in [1.54, 1.807) is 23.9 Å². The maximum Gasteiger partial charge on any atom is 0.126 e. The lowest BCUT2D eigenvalue weighted by molar-refractivity contribution is -0.0271. The summed E-state index contributed by atoms with van der Waals surface area (Å²) in [4.78, 5) is 0. The maximum atomic E-state index is 13.2. The van der Waals surface area contributed by atoms with E-state index in [1.165, 1.54) is 6.07 Å². The van der Waals surface area contributed by atoms with Crippen LogP contribution in [0.4, 0.5) is 4.39 Å². The summed E-state index contributed by atoms with van der Waals surface area (Å²) < 4.78 is 20.3. The first kappa shape index (κ1) is 10.1. The van der Waals surface area contributed by atoms with Crippen LogP contribution in [0.1, 0.15) is 6.04 Å². The molecule has 0 atom stereocenters. The van der Waals surface area contributed by atoms with Crippen LogP contribution in [0, 0.1) is 5.82 Å². The Morgan fingerprint density at radius 3 is 2.94 bits per heavy atom. The fourth-order valence-corrected chi connectivity index (χ4v) is 2.44. The largest absolute Gasteiger partial charge is 0.377 e. The zero-order valence-corrected chi connectivity index (χ0v) is 9.63. The van der Waals surface area contributed by atoms with Crippen molar-refractivity contribution in [3.63, 3.8) is 0 Å². The minimum absolute atomic E-state index is 0.221. The van der Waals surface area contributed by atoms with Crippen LogP contribution < -0.4 is 0 Å². The molecule has 0 bridgehead atoms. The lowest BCUT2D eigenvalue weighted by Gasteiger charge is -2.26. The van der Waals surface area contributed by atoms with Crippen molar-refractivity contribution in [1.29, 1.82) is 0 Å². The molecular formula is C11H11FN2OS. The van der Waals surface area contributed by atoms with E-state index < -0.39 is 0 Å². The van der Waals surface area contributed by atoms with Crippen LogP contribution in [-0.4, -0.2) is 29.3 Å². The first-order chi connectivity index (χ1) is 7.79. The minimum Gasteiger partial charge on any atom is -0.377 e. The monoisotopic (exact) mass is 238 g/mol. The van der Waals surface area contributed by atoms with E-state index in [1.807, 2.05) is 10.9 Å². The van der Waals surface area contributed by atoms with E-state index in [0.29, 0.717) is 13.2 Å². The third-order valence-electron chi connectivity index (χ3n) is 2.80. The highest BCUT2D eigenvalue weighted by Crippen LogP contribution is 2.30. The number of hydrogen-bond acceptors (Lipinski definition) is 3. The van der Waals surface area contributed by atoms with Crippen LogP contribution in [0.25, 0.3) is 10.9 Å². The van der Waals surface area contributed by atoms with Crippen molar-refractivity contribution in [1.82, 2.24) is 9.78 Å². The summed E-state index contributed by atoms with van der Waals surface area (Å²) in [5.74, 6) is -0.221. The van der Waals surface area contributed by atoms with Crippen molar-refractivity contribution in [3.8, 4) is 0 Å². The lowest BCUT2D eigenvalue weighted by Crippen LogP contribution is -2.31. The normalized spacial score (nSPS) is 16.6. The third-order valence-corrected chi connectivity index (χ3v) is 3.48. The van der Waals surface area contributed by atoms with Crippen LogP contribution in [0.2, 0.25) is 0 Å². The Labute approximate surface area is 96.6 Å². The number of ether oxygens (including phenoxy) is 1. The van der Waals surface area contributed by atoms with Crippen molar-refractivity contribution in [3.05, 3.63) is 24.0 Å². The molecule has 2 heterocycles. The van der Waals surface area contributed by atoms with E-state index in [0.717, 1.165) is 15.9 Å². The van der Waals surface area contributed by atoms with Crippen molar-refractivity contribution >= 4 is 22.7 Å². The molecule has 5 heteroatoms. The van der Waals surface area contributed by atoms with Gasteiger partial charge < -0.3 is 4.74 Å². The number of thioether (sulfide) groups is 1. The van der Waals surface area contributed by atoms with Gasteiger partial charge in [0.2, 0.25) is 0 Å². The smallest absolute Gasteiger partial charge is 0.126 e. The topological polar surface area (TPSA) is 27.1 Å². The molecule has 0 radical (unpaired) electrons. The van der Waals surface area contributed by atoms with Gasteiger partial charge in [0.25, 0.3) is 0 Å². The van der Waals surface area contributed by atoms with Crippen LogP contribution in [0.15, 0.2) is 23.2 Å². The van der Waals surface area contributed by atoms with Gasteiger partial charge in [-0.25, -0.2) is 4.39 Å². The van der Waals surface area contributed by atoms with Gasteiger partial charge in [0.15, 0.2) is 0 Å². The van der Waals surface area contributed by atoms with Crippen molar-refractivity contribution in [2.45, 2.75) is 11.1 Å². The lowest BCUT2D eigenvalue weighted by atomic mass is 10.2. The Morgan fingerprint density at radius 2 is 2.31 bits per heavy atom. The van der Waals surface area contributed by atoms with Gasteiger partial charge in [-0.3, -0.25) is 4.68 Å². The summed E-state index contributed by atoms with van der Waals surface area (Å²) in [5.41, 5.74) is 0.859. The van der Waals surface area contributed by atoms with Gasteiger partial charge in [0.1, 0.15) is 10.8 Å². The predicted molar refractivity (Wildman–Crippen MR) is 61.3 cm³/mol. The molecule has 1 aliphatic heterocycles. The summed E-state index contributed by atoms with van der Waals surface area (Å²) in [7, 11) is 0. The molecule has 0 spiro atoms. The number of nitrogens with zero attached hydrogens (tertiary/aromatic N) is 2. The highest BCUT2D eigenvalue weighted by atomic mass is 32.2. The molecule has 3 rings (SSSR count). The molecule has 0 aliphatic carbocycles. The number of halogens is 1. The molecule has 84 valence electrons. The highest BCUT2D eigenvalue weighted by molar-refractivity contribution is 7.98. The molecule has 0 N–H and O–H groups in total. The van der Waals surface area contributed by atoms with Crippen LogP contribution in [-0.2, 0) is 4.74 Å². The number of rotatable bonds is 2. The quantitative estimate of drug-likeness (QED) is 0.752. The van der Waals surface area contributed by atoms with Gasteiger partial charge in [0.05, 0.1) is 24.8 Å². The zero-order chi connectivity index (χ0) is 11.1. The molecule has 3 nitrogen and oxygen atoms in total. The first-order valence-corrected chi connectivity index (χ1v) is 6.31. The average molecular weight is 238 g/mol. The van der Waals surface area contributed by atoms with Crippen LogP contribution in [0.3, 0.4) is 0 Å². The van der Waals surface area contributed by atoms with Crippen molar-refractivity contribution in [2.24, 2.45) is 0 Å². The Morgan fingerprint density at radius 1 is 1.50 bits per heavy atom. The summed E-state index contributed by atoms with van der Waals surface area (Å²) in [6, 6.07) is 5.07. The van der Waals surface area contributed by atoms with Gasteiger partial charge in [-0.15, -0.1) is 11.8 Å². The number of fused-ring (bicyclic) bond motifs is 1. The van der Waals surface area contributed by atoms with Crippen LogP contribution in [0.5, 0.6) is 0 Å². The van der Waals surface area contributed by atoms with E-state index >= 15 is 0 Å². The first-order valence-electron chi connectivity index (χ1n) is 5.09. The summed E-state index contributed by atoms with van der Waals surface area (Å²) in [6.45, 7) is 1.34. The Balaban J connectivity index is 2.22. The molecule has 1 aliphatic rings. The second kappa shape index (κ2) is 3.75. The van der Waals surface area contributed by atoms with Crippen LogP contribution >= 0.6 is 11.8 Å². The molecule has 0 saturated carbocycles. The third kappa shape index (κ3) is 1.43. The zero-order valence-electron chi connectivity index (χ0n) is 8.81. The molecule has 1 fully saturated rings. The fraction of sp³-hybridized carbons (Fsp3) is 0.364.